The molecule has 1 saturated heterocycles. The zero-order chi connectivity index (χ0) is 25.7. The number of fused-ring (bicyclic) bond motifs is 4. The van der Waals surface area contributed by atoms with Crippen LogP contribution < -0.4 is 0 Å². The van der Waals surface area contributed by atoms with Crippen LogP contribution in [0, 0.1) is 22.7 Å². The third-order valence-corrected chi connectivity index (χ3v) is 8.63. The first-order valence-corrected chi connectivity index (χ1v) is 12.1. The van der Waals surface area contributed by atoms with Crippen LogP contribution in [0.4, 0.5) is 0 Å². The molecule has 0 aromatic heterocycles. The first-order chi connectivity index (χ1) is 16.6. The molecule has 2 unspecified atom stereocenters. The number of cyclic esters (lactones) is 1. The number of esters is 1. The van der Waals surface area contributed by atoms with E-state index in [1.807, 2.05) is 6.92 Å². The molecule has 1 heterocycles. The third-order valence-electron chi connectivity index (χ3n) is 8.63. The van der Waals surface area contributed by atoms with E-state index in [2.05, 4.69) is 13.2 Å². The number of hydrogen-bond donors (Lipinski definition) is 2. The second-order valence-electron chi connectivity index (χ2n) is 10.6. The third kappa shape index (κ3) is 3.65. The Labute approximate surface area is 206 Å². The van der Waals surface area contributed by atoms with Crippen molar-refractivity contribution in [2.75, 3.05) is 26.8 Å². The smallest absolute Gasteiger partial charge is 0.336 e. The number of rotatable bonds is 7. The molecule has 0 bridgehead atoms. The normalized spacial score (nSPS) is 39.6. The SMILES string of the molecule is C=CCN(/C=C1\C(=O)O[C@H](COC)[C@]2(C)C3=C(C(=O)C(=O)C12)[C@@H]1CCC(O)[C@@]1(C)C[C@H]3O)CC=C. The molecule has 4 rings (SSSR count). The van der Waals surface area contributed by atoms with Gasteiger partial charge in [0, 0.05) is 42.8 Å². The minimum atomic E-state index is -1.18. The molecule has 0 amide bonds. The van der Waals surface area contributed by atoms with Gasteiger partial charge in [-0.15, -0.1) is 13.2 Å². The van der Waals surface area contributed by atoms with Crippen molar-refractivity contribution >= 4 is 17.5 Å². The summed E-state index contributed by atoms with van der Waals surface area (Å²) in [5.41, 5.74) is -1.08. The van der Waals surface area contributed by atoms with Gasteiger partial charge >= 0.3 is 5.97 Å². The Bertz CT molecular complexity index is 1020. The van der Waals surface area contributed by atoms with Crippen molar-refractivity contribution in [3.63, 3.8) is 0 Å². The number of hydrogen-bond acceptors (Lipinski definition) is 8. The highest BCUT2D eigenvalue weighted by Crippen LogP contribution is 2.62. The minimum Gasteiger partial charge on any atom is -0.456 e. The number of ether oxygens (including phenoxy) is 2. The second-order valence-corrected chi connectivity index (χ2v) is 10.6. The number of nitrogens with zero attached hydrogens (tertiary/aromatic N) is 1. The number of aliphatic hydroxyl groups is 2. The predicted molar refractivity (Wildman–Crippen MR) is 128 cm³/mol. The lowest BCUT2D eigenvalue weighted by Gasteiger charge is -2.55. The van der Waals surface area contributed by atoms with E-state index in [4.69, 9.17) is 9.47 Å². The highest BCUT2D eigenvalue weighted by Gasteiger charge is 2.66. The van der Waals surface area contributed by atoms with Crippen LogP contribution in [0.15, 0.2) is 48.2 Å². The van der Waals surface area contributed by atoms with Gasteiger partial charge < -0.3 is 24.6 Å². The van der Waals surface area contributed by atoms with E-state index in [-0.39, 0.29) is 24.5 Å². The Balaban J connectivity index is 1.95. The lowest BCUT2D eigenvalue weighted by Crippen LogP contribution is -2.62. The molecule has 2 N–H and O–H groups in total. The number of methoxy groups -OCH3 is 1. The molecule has 7 atom stereocenters. The van der Waals surface area contributed by atoms with Crippen molar-refractivity contribution in [1.82, 2.24) is 4.90 Å². The van der Waals surface area contributed by atoms with Crippen molar-refractivity contribution in [2.24, 2.45) is 22.7 Å². The quantitative estimate of drug-likeness (QED) is 0.243. The van der Waals surface area contributed by atoms with Crippen LogP contribution in [0.25, 0.3) is 0 Å². The van der Waals surface area contributed by atoms with E-state index in [1.54, 1.807) is 30.2 Å². The number of aliphatic hydroxyl groups excluding tert-OH is 2. The van der Waals surface area contributed by atoms with Gasteiger partial charge in [-0.2, -0.15) is 0 Å². The number of ketones is 2. The van der Waals surface area contributed by atoms with E-state index in [0.29, 0.717) is 37.1 Å². The Morgan fingerprint density at radius 2 is 1.80 bits per heavy atom. The molecule has 0 aromatic carbocycles. The van der Waals surface area contributed by atoms with Gasteiger partial charge in [0.1, 0.15) is 6.10 Å². The maximum atomic E-state index is 13.8. The number of carbonyl (C=O) groups is 3. The van der Waals surface area contributed by atoms with Crippen LogP contribution in [-0.2, 0) is 23.9 Å². The molecule has 0 spiro atoms. The van der Waals surface area contributed by atoms with Gasteiger partial charge in [-0.3, -0.25) is 9.59 Å². The summed E-state index contributed by atoms with van der Waals surface area (Å²) < 4.78 is 11.2. The summed E-state index contributed by atoms with van der Waals surface area (Å²) in [6, 6.07) is 0. The lowest BCUT2D eigenvalue weighted by molar-refractivity contribution is -0.172. The number of carbonyl (C=O) groups excluding carboxylic acids is 3. The number of Topliss-reactive ketones (excluding diaryl/α,β-unsaturated/α-hetero) is 2. The van der Waals surface area contributed by atoms with Crippen LogP contribution in [0.1, 0.15) is 33.1 Å². The maximum absolute atomic E-state index is 13.8. The molecular weight excluding hydrogens is 450 g/mol. The zero-order valence-corrected chi connectivity index (χ0v) is 20.7. The first kappa shape index (κ1) is 25.5. The van der Waals surface area contributed by atoms with E-state index in [1.165, 1.54) is 7.11 Å². The summed E-state index contributed by atoms with van der Waals surface area (Å²) in [6.07, 6.45) is 3.55. The first-order valence-electron chi connectivity index (χ1n) is 12.1. The number of allylic oxidation sites excluding steroid dienone is 1. The highest BCUT2D eigenvalue weighted by atomic mass is 16.6. The largest absolute Gasteiger partial charge is 0.456 e. The van der Waals surface area contributed by atoms with Gasteiger partial charge in [0.2, 0.25) is 11.6 Å². The molecular formula is C27H35NO7. The summed E-state index contributed by atoms with van der Waals surface area (Å²) in [5.74, 6) is -3.54. The molecule has 2 fully saturated rings. The topological polar surface area (TPSA) is 113 Å². The molecule has 0 aromatic rings. The Kier molecular flexibility index (Phi) is 6.68. The van der Waals surface area contributed by atoms with E-state index < -0.39 is 52.6 Å². The summed E-state index contributed by atoms with van der Waals surface area (Å²) in [5, 5.41) is 22.2. The van der Waals surface area contributed by atoms with Gasteiger partial charge in [0.05, 0.1) is 30.3 Å². The molecule has 3 aliphatic carbocycles. The van der Waals surface area contributed by atoms with Crippen molar-refractivity contribution in [2.45, 2.75) is 51.4 Å². The van der Waals surface area contributed by atoms with Gasteiger partial charge in [-0.1, -0.05) is 26.0 Å². The van der Waals surface area contributed by atoms with E-state index >= 15 is 0 Å². The molecule has 190 valence electrons. The van der Waals surface area contributed by atoms with Crippen molar-refractivity contribution in [1.29, 1.82) is 0 Å². The Morgan fingerprint density at radius 3 is 2.40 bits per heavy atom. The van der Waals surface area contributed by atoms with Crippen LogP contribution >= 0.6 is 0 Å². The molecule has 8 nitrogen and oxygen atoms in total. The van der Waals surface area contributed by atoms with Crippen molar-refractivity contribution in [3.05, 3.63) is 48.2 Å². The monoisotopic (exact) mass is 485 g/mol. The molecule has 0 radical (unpaired) electrons. The summed E-state index contributed by atoms with van der Waals surface area (Å²) in [6.45, 7) is 11.9. The van der Waals surface area contributed by atoms with E-state index in [9.17, 15) is 24.6 Å². The summed E-state index contributed by atoms with van der Waals surface area (Å²) >= 11 is 0. The van der Waals surface area contributed by atoms with Crippen LogP contribution in [0.5, 0.6) is 0 Å². The van der Waals surface area contributed by atoms with Crippen LogP contribution in [0.3, 0.4) is 0 Å². The Morgan fingerprint density at radius 1 is 1.14 bits per heavy atom. The van der Waals surface area contributed by atoms with Crippen LogP contribution in [-0.4, -0.2) is 77.8 Å². The van der Waals surface area contributed by atoms with Gasteiger partial charge in [-0.25, -0.2) is 4.79 Å². The zero-order valence-electron chi connectivity index (χ0n) is 20.7. The molecule has 8 heteroatoms. The van der Waals surface area contributed by atoms with Gasteiger partial charge in [0.15, 0.2) is 0 Å². The summed E-state index contributed by atoms with van der Waals surface area (Å²) in [7, 11) is 1.47. The molecule has 4 aliphatic rings. The minimum absolute atomic E-state index is 0.00454. The lowest BCUT2D eigenvalue weighted by atomic mass is 9.50. The Hall–Kier alpha value is -2.55. The van der Waals surface area contributed by atoms with Crippen LogP contribution in [0.2, 0.25) is 0 Å². The van der Waals surface area contributed by atoms with Gasteiger partial charge in [0.25, 0.3) is 0 Å². The fourth-order valence-electron chi connectivity index (χ4n) is 6.93. The van der Waals surface area contributed by atoms with Crippen molar-refractivity contribution in [3.8, 4) is 0 Å². The molecule has 35 heavy (non-hydrogen) atoms. The second kappa shape index (κ2) is 9.15. The molecule has 1 saturated carbocycles. The molecule has 1 aliphatic heterocycles. The predicted octanol–water partition coefficient (Wildman–Crippen LogP) is 1.73. The summed E-state index contributed by atoms with van der Waals surface area (Å²) in [4.78, 5) is 42.5. The fraction of sp³-hybridized carbons (Fsp3) is 0.593. The fourth-order valence-corrected chi connectivity index (χ4v) is 6.93. The standard InChI is InChI=1S/C27H35NO7/c1-6-10-28(11-7-2)13-15-21-24(32)23(31)20-16-8-9-18(30)26(16,3)12-17(29)22(20)27(21,4)19(14-34-5)35-25(15)33/h6-7,13,16-19,21,29-30H,1-2,8-12,14H2,3-5H3/b15-13-/t16-,17+,18?,19+,21?,26-,27-/m0/s1. The average molecular weight is 486 g/mol. The maximum Gasteiger partial charge on any atom is 0.336 e. The highest BCUT2D eigenvalue weighted by molar-refractivity contribution is 6.46. The van der Waals surface area contributed by atoms with E-state index in [0.717, 1.165) is 0 Å². The van der Waals surface area contributed by atoms with Crippen molar-refractivity contribution < 1.29 is 34.1 Å². The van der Waals surface area contributed by atoms with Gasteiger partial charge in [-0.05, 0) is 30.8 Å². The average Bonchev–Trinajstić information content (AvgIpc) is 3.09.